The van der Waals surface area contributed by atoms with Crippen molar-refractivity contribution in [3.8, 4) is 16.9 Å². The van der Waals surface area contributed by atoms with Crippen molar-refractivity contribution in [2.75, 3.05) is 26.2 Å². The quantitative estimate of drug-likeness (QED) is 0.687. The molecule has 5 nitrogen and oxygen atoms in total. The van der Waals surface area contributed by atoms with Gasteiger partial charge in [0.2, 0.25) is 0 Å². The predicted octanol–water partition coefficient (Wildman–Crippen LogP) is 3.91. The Bertz CT molecular complexity index is 991. The molecule has 2 saturated heterocycles. The van der Waals surface area contributed by atoms with Gasteiger partial charge in [0, 0.05) is 36.8 Å². The van der Waals surface area contributed by atoms with Gasteiger partial charge in [-0.3, -0.25) is 4.79 Å². The summed E-state index contributed by atoms with van der Waals surface area (Å²) < 4.78 is 1.76. The van der Waals surface area contributed by atoms with E-state index in [-0.39, 0.29) is 18.3 Å². The van der Waals surface area contributed by atoms with Crippen LogP contribution in [0, 0.1) is 11.8 Å². The van der Waals surface area contributed by atoms with Crippen LogP contribution in [0.1, 0.15) is 10.5 Å². The summed E-state index contributed by atoms with van der Waals surface area (Å²) in [4.78, 5) is 15.4. The molecule has 150 valence electrons. The lowest BCUT2D eigenvalue weighted by atomic mass is 10.0. The fourth-order valence-corrected chi connectivity index (χ4v) is 4.37. The lowest BCUT2D eigenvalue weighted by Gasteiger charge is -2.18. The van der Waals surface area contributed by atoms with Gasteiger partial charge in [0.25, 0.3) is 5.91 Å². The number of para-hydroxylation sites is 1. The number of halogens is 2. The van der Waals surface area contributed by atoms with Gasteiger partial charge in [0.05, 0.1) is 11.4 Å². The Morgan fingerprint density at radius 3 is 2.31 bits per heavy atom. The second-order valence-corrected chi connectivity index (χ2v) is 7.99. The molecule has 29 heavy (non-hydrogen) atoms. The first-order valence-corrected chi connectivity index (χ1v) is 9.98. The molecule has 3 heterocycles. The zero-order valence-electron chi connectivity index (χ0n) is 15.8. The van der Waals surface area contributed by atoms with E-state index < -0.39 is 0 Å². The Kier molecular flexibility index (Phi) is 5.63. The summed E-state index contributed by atoms with van der Waals surface area (Å²) >= 11 is 6.02. The SMILES string of the molecule is Cl.O=C(c1cc(-c2ccc(Cl)cc2)nn1-c1ccccc1)N1C[C@H]2CNC[C@H]2C1. The summed E-state index contributed by atoms with van der Waals surface area (Å²) in [6.45, 7) is 3.63. The topological polar surface area (TPSA) is 50.2 Å². The van der Waals surface area contributed by atoms with Crippen molar-refractivity contribution >= 4 is 29.9 Å². The summed E-state index contributed by atoms with van der Waals surface area (Å²) in [5.74, 6) is 1.17. The van der Waals surface area contributed by atoms with Crippen LogP contribution in [0.2, 0.25) is 5.02 Å². The number of nitrogens with zero attached hydrogens (tertiary/aromatic N) is 3. The number of nitrogens with one attached hydrogen (secondary N) is 1. The monoisotopic (exact) mass is 428 g/mol. The lowest BCUT2D eigenvalue weighted by molar-refractivity contribution is 0.0772. The maximum Gasteiger partial charge on any atom is 0.272 e. The molecular formula is C22H22Cl2N4O. The van der Waals surface area contributed by atoms with Crippen molar-refractivity contribution in [2.24, 2.45) is 11.8 Å². The number of rotatable bonds is 3. The smallest absolute Gasteiger partial charge is 0.272 e. The largest absolute Gasteiger partial charge is 0.337 e. The Morgan fingerprint density at radius 1 is 1.00 bits per heavy atom. The number of carbonyl (C=O) groups excluding carboxylic acids is 1. The van der Waals surface area contributed by atoms with Gasteiger partial charge in [-0.2, -0.15) is 5.10 Å². The van der Waals surface area contributed by atoms with Crippen LogP contribution in [0.5, 0.6) is 0 Å². The third-order valence-corrected chi connectivity index (χ3v) is 6.00. The van der Waals surface area contributed by atoms with E-state index in [0.29, 0.717) is 22.6 Å². The highest BCUT2D eigenvalue weighted by atomic mass is 35.5. The molecule has 0 unspecified atom stereocenters. The second-order valence-electron chi connectivity index (χ2n) is 7.56. The van der Waals surface area contributed by atoms with E-state index >= 15 is 0 Å². The van der Waals surface area contributed by atoms with Gasteiger partial charge in [-0.1, -0.05) is 41.9 Å². The molecule has 2 aliphatic heterocycles. The van der Waals surface area contributed by atoms with E-state index in [0.717, 1.165) is 43.1 Å². The standard InChI is InChI=1S/C22H21ClN4O.ClH/c23-18-8-6-15(7-9-18)20-10-21(27(25-20)19-4-2-1-3-5-19)22(28)26-13-16-11-24-12-17(16)14-26;/h1-10,16-17,24H,11-14H2;1H/t16-,17+;. The molecule has 2 aliphatic rings. The van der Waals surface area contributed by atoms with Crippen molar-refractivity contribution in [3.05, 3.63) is 71.4 Å². The molecule has 0 saturated carbocycles. The highest BCUT2D eigenvalue weighted by Gasteiger charge is 2.39. The number of likely N-dealkylation sites (tertiary alicyclic amines) is 1. The number of fused-ring (bicyclic) bond motifs is 1. The summed E-state index contributed by atoms with van der Waals surface area (Å²) in [7, 11) is 0. The molecular weight excluding hydrogens is 407 g/mol. The van der Waals surface area contributed by atoms with Gasteiger partial charge in [-0.15, -0.1) is 12.4 Å². The maximum absolute atomic E-state index is 13.4. The van der Waals surface area contributed by atoms with Gasteiger partial charge < -0.3 is 10.2 Å². The van der Waals surface area contributed by atoms with Crippen LogP contribution in [0.3, 0.4) is 0 Å². The molecule has 2 aromatic carbocycles. The van der Waals surface area contributed by atoms with Crippen molar-refractivity contribution in [2.45, 2.75) is 0 Å². The van der Waals surface area contributed by atoms with E-state index in [4.69, 9.17) is 16.7 Å². The molecule has 1 aromatic heterocycles. The first-order valence-electron chi connectivity index (χ1n) is 9.60. The van der Waals surface area contributed by atoms with Crippen molar-refractivity contribution in [1.29, 1.82) is 0 Å². The average Bonchev–Trinajstić information content (AvgIpc) is 3.43. The van der Waals surface area contributed by atoms with Crippen molar-refractivity contribution < 1.29 is 4.79 Å². The number of hydrogen-bond donors (Lipinski definition) is 1. The first-order chi connectivity index (χ1) is 13.7. The highest BCUT2D eigenvalue weighted by Crippen LogP contribution is 2.29. The van der Waals surface area contributed by atoms with E-state index in [2.05, 4.69) is 5.32 Å². The van der Waals surface area contributed by atoms with E-state index in [1.807, 2.05) is 65.6 Å². The molecule has 2 fully saturated rings. The molecule has 3 aromatic rings. The van der Waals surface area contributed by atoms with Crippen LogP contribution < -0.4 is 5.32 Å². The number of aromatic nitrogens is 2. The zero-order chi connectivity index (χ0) is 19.1. The fourth-order valence-electron chi connectivity index (χ4n) is 4.24. The van der Waals surface area contributed by atoms with Gasteiger partial charge in [0.1, 0.15) is 5.69 Å². The van der Waals surface area contributed by atoms with Crippen LogP contribution in [0.15, 0.2) is 60.7 Å². The Balaban J connectivity index is 0.00000205. The normalized spacial score (nSPS) is 20.4. The van der Waals surface area contributed by atoms with E-state index in [1.54, 1.807) is 4.68 Å². The minimum Gasteiger partial charge on any atom is -0.337 e. The van der Waals surface area contributed by atoms with Crippen LogP contribution in [-0.2, 0) is 0 Å². The van der Waals surface area contributed by atoms with Crippen molar-refractivity contribution in [1.82, 2.24) is 20.0 Å². The summed E-state index contributed by atoms with van der Waals surface area (Å²) in [6, 6.07) is 19.3. The van der Waals surface area contributed by atoms with Gasteiger partial charge in [0.15, 0.2) is 0 Å². The van der Waals surface area contributed by atoms with Gasteiger partial charge in [-0.05, 0) is 42.2 Å². The summed E-state index contributed by atoms with van der Waals surface area (Å²) in [6.07, 6.45) is 0. The number of benzene rings is 2. The summed E-state index contributed by atoms with van der Waals surface area (Å²) in [5, 5.41) is 8.86. The molecule has 1 N–H and O–H groups in total. The molecule has 0 bridgehead atoms. The minimum atomic E-state index is 0. The van der Waals surface area contributed by atoms with Crippen LogP contribution >= 0.6 is 24.0 Å². The third kappa shape index (κ3) is 3.78. The molecule has 0 aliphatic carbocycles. The molecule has 2 atom stereocenters. The maximum atomic E-state index is 13.4. The Hall–Kier alpha value is -2.34. The lowest BCUT2D eigenvalue weighted by Crippen LogP contribution is -2.33. The van der Waals surface area contributed by atoms with Crippen LogP contribution in [0.25, 0.3) is 16.9 Å². The second kappa shape index (κ2) is 8.19. The molecule has 0 radical (unpaired) electrons. The number of hydrogen-bond acceptors (Lipinski definition) is 3. The number of carbonyl (C=O) groups is 1. The first kappa shape index (κ1) is 20.0. The minimum absolute atomic E-state index is 0. The highest BCUT2D eigenvalue weighted by molar-refractivity contribution is 6.30. The Morgan fingerprint density at radius 2 is 1.66 bits per heavy atom. The zero-order valence-corrected chi connectivity index (χ0v) is 17.4. The van der Waals surface area contributed by atoms with Crippen LogP contribution in [0.4, 0.5) is 0 Å². The molecule has 0 spiro atoms. The van der Waals surface area contributed by atoms with Crippen LogP contribution in [-0.4, -0.2) is 46.8 Å². The van der Waals surface area contributed by atoms with Gasteiger partial charge in [-0.25, -0.2) is 4.68 Å². The van der Waals surface area contributed by atoms with Gasteiger partial charge >= 0.3 is 0 Å². The fraction of sp³-hybridized carbons (Fsp3) is 0.273. The van der Waals surface area contributed by atoms with E-state index in [1.165, 1.54) is 0 Å². The van der Waals surface area contributed by atoms with Crippen molar-refractivity contribution in [3.63, 3.8) is 0 Å². The average molecular weight is 429 g/mol. The number of amides is 1. The molecule has 5 rings (SSSR count). The third-order valence-electron chi connectivity index (χ3n) is 5.75. The summed E-state index contributed by atoms with van der Waals surface area (Å²) in [5.41, 5.74) is 3.19. The predicted molar refractivity (Wildman–Crippen MR) is 117 cm³/mol. The Labute approximate surface area is 181 Å². The molecule has 1 amide bonds. The van der Waals surface area contributed by atoms with E-state index in [9.17, 15) is 4.79 Å². The molecule has 7 heteroatoms.